The van der Waals surface area contributed by atoms with Gasteiger partial charge in [0.2, 0.25) is 5.91 Å². The number of urea groups is 1. The number of carbonyl (C=O) groups is 2. The minimum Gasteiger partial charge on any atom is -0.308 e. The fourth-order valence-corrected chi connectivity index (χ4v) is 1.52. The van der Waals surface area contributed by atoms with Crippen LogP contribution < -0.4 is 10.6 Å². The lowest BCUT2D eigenvalue weighted by molar-refractivity contribution is -0.121. The smallest absolute Gasteiger partial charge is 0.308 e. The van der Waals surface area contributed by atoms with Gasteiger partial charge in [0.05, 0.1) is 0 Å². The lowest BCUT2D eigenvalue weighted by Gasteiger charge is -2.05. The van der Waals surface area contributed by atoms with Crippen LogP contribution in [0.4, 0.5) is 10.5 Å². The first kappa shape index (κ1) is 11.1. The number of halogens is 1. The molecule has 3 amide bonds. The first-order valence-electron chi connectivity index (χ1n) is 5.02. The van der Waals surface area contributed by atoms with Crippen molar-refractivity contribution in [3.8, 4) is 0 Å². The molecule has 1 aliphatic carbocycles. The average molecular weight is 283 g/mol. The molecular weight excluding hydrogens is 272 g/mol. The monoisotopic (exact) mass is 282 g/mol. The number of amides is 3. The summed E-state index contributed by atoms with van der Waals surface area (Å²) in [6.07, 6.45) is 1.77. The molecule has 0 atom stereocenters. The third kappa shape index (κ3) is 3.06. The van der Waals surface area contributed by atoms with Crippen LogP contribution in [0.25, 0.3) is 0 Å². The van der Waals surface area contributed by atoms with Crippen LogP contribution in [0.3, 0.4) is 0 Å². The average Bonchev–Trinajstić information content (AvgIpc) is 3.04. The van der Waals surface area contributed by atoms with E-state index in [4.69, 9.17) is 0 Å². The van der Waals surface area contributed by atoms with Gasteiger partial charge in [-0.1, -0.05) is 15.9 Å². The molecule has 1 aliphatic rings. The van der Waals surface area contributed by atoms with Crippen molar-refractivity contribution < 1.29 is 9.59 Å². The summed E-state index contributed by atoms with van der Waals surface area (Å²) in [6.45, 7) is 0. The van der Waals surface area contributed by atoms with Crippen molar-refractivity contribution in [2.75, 3.05) is 5.32 Å². The Morgan fingerprint density at radius 1 is 1.19 bits per heavy atom. The number of nitrogens with one attached hydrogen (secondary N) is 2. The van der Waals surface area contributed by atoms with Gasteiger partial charge in [0.1, 0.15) is 0 Å². The van der Waals surface area contributed by atoms with Crippen LogP contribution in [0.15, 0.2) is 28.7 Å². The first-order chi connectivity index (χ1) is 7.65. The van der Waals surface area contributed by atoms with Crippen molar-refractivity contribution in [1.82, 2.24) is 5.32 Å². The first-order valence-corrected chi connectivity index (χ1v) is 5.82. The van der Waals surface area contributed by atoms with Gasteiger partial charge in [0, 0.05) is 16.1 Å². The predicted molar refractivity (Wildman–Crippen MR) is 64.0 cm³/mol. The van der Waals surface area contributed by atoms with Crippen LogP contribution in [0.5, 0.6) is 0 Å². The van der Waals surface area contributed by atoms with Gasteiger partial charge < -0.3 is 5.32 Å². The second-order valence-corrected chi connectivity index (χ2v) is 4.64. The summed E-state index contributed by atoms with van der Waals surface area (Å²) in [5, 5.41) is 4.90. The number of carbonyl (C=O) groups excluding carboxylic acids is 2. The standard InChI is InChI=1S/C11H11BrN2O2/c12-8-3-5-9(6-4-8)13-11(16)14-10(15)7-1-2-7/h3-7H,1-2H2,(H2,13,14,15,16). The van der Waals surface area contributed by atoms with Crippen molar-refractivity contribution in [2.45, 2.75) is 12.8 Å². The molecule has 0 aromatic heterocycles. The molecule has 0 saturated heterocycles. The molecular formula is C11H11BrN2O2. The Morgan fingerprint density at radius 2 is 1.81 bits per heavy atom. The maximum absolute atomic E-state index is 11.4. The van der Waals surface area contributed by atoms with Gasteiger partial charge in [-0.25, -0.2) is 4.79 Å². The highest BCUT2D eigenvalue weighted by Gasteiger charge is 2.30. The highest BCUT2D eigenvalue weighted by Crippen LogP contribution is 2.28. The van der Waals surface area contributed by atoms with Crippen molar-refractivity contribution in [2.24, 2.45) is 5.92 Å². The normalized spacial score (nSPS) is 14.3. The Kier molecular flexibility index (Phi) is 3.24. The molecule has 0 spiro atoms. The number of hydrogen-bond donors (Lipinski definition) is 2. The highest BCUT2D eigenvalue weighted by molar-refractivity contribution is 9.10. The summed E-state index contributed by atoms with van der Waals surface area (Å²) < 4.78 is 0.938. The summed E-state index contributed by atoms with van der Waals surface area (Å²) >= 11 is 3.30. The van der Waals surface area contributed by atoms with Crippen LogP contribution >= 0.6 is 15.9 Å². The van der Waals surface area contributed by atoms with Gasteiger partial charge in [-0.15, -0.1) is 0 Å². The second-order valence-electron chi connectivity index (χ2n) is 3.72. The van der Waals surface area contributed by atoms with E-state index >= 15 is 0 Å². The summed E-state index contributed by atoms with van der Waals surface area (Å²) in [7, 11) is 0. The fourth-order valence-electron chi connectivity index (χ4n) is 1.26. The molecule has 1 fully saturated rings. The third-order valence-electron chi connectivity index (χ3n) is 2.29. The number of rotatable bonds is 2. The summed E-state index contributed by atoms with van der Waals surface area (Å²) in [5.41, 5.74) is 0.657. The SMILES string of the molecule is O=C(NC(=O)C1CC1)Nc1ccc(Br)cc1. The molecule has 0 heterocycles. The zero-order valence-corrected chi connectivity index (χ0v) is 10.1. The van der Waals surface area contributed by atoms with E-state index < -0.39 is 6.03 Å². The van der Waals surface area contributed by atoms with Gasteiger partial charge in [-0.2, -0.15) is 0 Å². The molecule has 0 aliphatic heterocycles. The van der Waals surface area contributed by atoms with Crippen LogP contribution in [0, 0.1) is 5.92 Å². The Morgan fingerprint density at radius 3 is 2.38 bits per heavy atom. The van der Waals surface area contributed by atoms with E-state index in [9.17, 15) is 9.59 Å². The van der Waals surface area contributed by atoms with Crippen LogP contribution in [-0.4, -0.2) is 11.9 Å². The van der Waals surface area contributed by atoms with Crippen molar-refractivity contribution in [1.29, 1.82) is 0 Å². The lowest BCUT2D eigenvalue weighted by Crippen LogP contribution is -2.35. The van der Waals surface area contributed by atoms with Gasteiger partial charge in [0.25, 0.3) is 0 Å². The molecule has 1 aromatic rings. The third-order valence-corrected chi connectivity index (χ3v) is 2.82. The van der Waals surface area contributed by atoms with E-state index in [1.54, 1.807) is 12.1 Å². The van der Waals surface area contributed by atoms with Crippen molar-refractivity contribution >= 4 is 33.6 Å². The topological polar surface area (TPSA) is 58.2 Å². The quantitative estimate of drug-likeness (QED) is 0.876. The highest BCUT2D eigenvalue weighted by atomic mass is 79.9. The van der Waals surface area contributed by atoms with Gasteiger partial charge in [-0.3, -0.25) is 10.1 Å². The molecule has 1 aromatic carbocycles. The number of hydrogen-bond acceptors (Lipinski definition) is 2. The van der Waals surface area contributed by atoms with E-state index in [0.29, 0.717) is 5.69 Å². The number of imide groups is 1. The van der Waals surface area contributed by atoms with Crippen LogP contribution in [0.2, 0.25) is 0 Å². The Hall–Kier alpha value is -1.36. The second kappa shape index (κ2) is 4.65. The fraction of sp³-hybridized carbons (Fsp3) is 0.273. The van der Waals surface area contributed by atoms with Gasteiger partial charge in [-0.05, 0) is 37.1 Å². The van der Waals surface area contributed by atoms with Gasteiger partial charge >= 0.3 is 6.03 Å². The predicted octanol–water partition coefficient (Wildman–Crippen LogP) is 2.51. The van der Waals surface area contributed by atoms with Crippen molar-refractivity contribution in [3.05, 3.63) is 28.7 Å². The molecule has 0 unspecified atom stereocenters. The largest absolute Gasteiger partial charge is 0.325 e. The van der Waals surface area contributed by atoms with Crippen molar-refractivity contribution in [3.63, 3.8) is 0 Å². The molecule has 5 heteroatoms. The molecule has 16 heavy (non-hydrogen) atoms. The molecule has 1 saturated carbocycles. The maximum atomic E-state index is 11.4. The molecule has 0 bridgehead atoms. The van der Waals surface area contributed by atoms with Crippen LogP contribution in [-0.2, 0) is 4.79 Å². The minimum atomic E-state index is -0.473. The number of anilines is 1. The number of benzene rings is 1. The van der Waals surface area contributed by atoms with E-state index in [0.717, 1.165) is 17.3 Å². The molecule has 2 rings (SSSR count). The molecule has 4 nitrogen and oxygen atoms in total. The Labute approximate surface area is 102 Å². The molecule has 84 valence electrons. The summed E-state index contributed by atoms with van der Waals surface area (Å²) in [4.78, 5) is 22.7. The van der Waals surface area contributed by atoms with E-state index in [1.165, 1.54) is 0 Å². The lowest BCUT2D eigenvalue weighted by atomic mass is 10.3. The summed E-state index contributed by atoms with van der Waals surface area (Å²) in [6, 6.07) is 6.67. The van der Waals surface area contributed by atoms with E-state index in [1.807, 2.05) is 12.1 Å². The van der Waals surface area contributed by atoms with Gasteiger partial charge in [0.15, 0.2) is 0 Å². The maximum Gasteiger partial charge on any atom is 0.325 e. The van der Waals surface area contributed by atoms with E-state index in [2.05, 4.69) is 26.6 Å². The zero-order valence-electron chi connectivity index (χ0n) is 8.50. The van der Waals surface area contributed by atoms with Crippen LogP contribution in [0.1, 0.15) is 12.8 Å². The Balaban J connectivity index is 1.86. The van der Waals surface area contributed by atoms with E-state index in [-0.39, 0.29) is 11.8 Å². The Bertz CT molecular complexity index is 412. The molecule has 2 N–H and O–H groups in total. The zero-order chi connectivity index (χ0) is 11.5. The molecule has 0 radical (unpaired) electrons. The summed E-state index contributed by atoms with van der Waals surface area (Å²) in [5.74, 6) is -0.148. The minimum absolute atomic E-state index is 0.0377.